The number of benzene rings is 1. The molecule has 1 aromatic carbocycles. The lowest BCUT2D eigenvalue weighted by Gasteiger charge is -2.40. The van der Waals surface area contributed by atoms with E-state index in [9.17, 15) is 9.59 Å². The molecule has 0 heterocycles. The van der Waals surface area contributed by atoms with Crippen LogP contribution < -0.4 is 10.6 Å². The lowest BCUT2D eigenvalue weighted by atomic mass is 9.66. The second-order valence-corrected chi connectivity index (χ2v) is 6.46. The van der Waals surface area contributed by atoms with Crippen LogP contribution in [0.3, 0.4) is 0 Å². The molecule has 3 N–H and O–H groups in total. The molecular weight excluding hydrogens is 336 g/mol. The van der Waals surface area contributed by atoms with Gasteiger partial charge in [0.2, 0.25) is 0 Å². The first-order valence-electron chi connectivity index (χ1n) is 6.94. The molecule has 0 saturated heterocycles. The smallest absolute Gasteiger partial charge is 0.319 e. The SMILES string of the molecule is Cc1cccc(NC(=O)NCC2(CC(=O)O)CCC2)c1Br. The monoisotopic (exact) mass is 354 g/mol. The molecule has 0 aliphatic heterocycles. The molecule has 1 aromatic rings. The van der Waals surface area contributed by atoms with Crippen LogP contribution in [0.5, 0.6) is 0 Å². The number of nitrogens with one attached hydrogen (secondary N) is 2. The van der Waals surface area contributed by atoms with Crippen LogP contribution >= 0.6 is 15.9 Å². The summed E-state index contributed by atoms with van der Waals surface area (Å²) in [6, 6.07) is 5.32. The minimum Gasteiger partial charge on any atom is -0.481 e. The van der Waals surface area contributed by atoms with Crippen molar-refractivity contribution < 1.29 is 14.7 Å². The summed E-state index contributed by atoms with van der Waals surface area (Å²) in [4.78, 5) is 22.8. The molecule has 0 spiro atoms. The maximum Gasteiger partial charge on any atom is 0.319 e. The molecule has 0 radical (unpaired) electrons. The molecule has 114 valence electrons. The van der Waals surface area contributed by atoms with E-state index in [-0.39, 0.29) is 17.9 Å². The van der Waals surface area contributed by atoms with E-state index in [2.05, 4.69) is 26.6 Å². The Bertz CT molecular complexity index is 556. The van der Waals surface area contributed by atoms with Gasteiger partial charge in [-0.05, 0) is 52.7 Å². The predicted octanol–water partition coefficient (Wildman–Crippen LogP) is 3.52. The molecule has 6 heteroatoms. The summed E-state index contributed by atoms with van der Waals surface area (Å²) in [6.45, 7) is 2.35. The number of anilines is 1. The van der Waals surface area contributed by atoms with Gasteiger partial charge in [0.05, 0.1) is 12.1 Å². The third-order valence-corrected chi connectivity index (χ3v) is 5.06. The minimum atomic E-state index is -0.807. The van der Waals surface area contributed by atoms with Crippen molar-refractivity contribution in [3.05, 3.63) is 28.2 Å². The van der Waals surface area contributed by atoms with E-state index >= 15 is 0 Å². The Labute approximate surface area is 132 Å². The van der Waals surface area contributed by atoms with E-state index in [1.807, 2.05) is 25.1 Å². The van der Waals surface area contributed by atoms with Crippen molar-refractivity contribution in [2.24, 2.45) is 5.41 Å². The van der Waals surface area contributed by atoms with Crippen LogP contribution in [0.25, 0.3) is 0 Å². The van der Waals surface area contributed by atoms with Crippen LogP contribution in [0.2, 0.25) is 0 Å². The minimum absolute atomic E-state index is 0.113. The zero-order valence-corrected chi connectivity index (χ0v) is 13.5. The van der Waals surface area contributed by atoms with Gasteiger partial charge in [0.25, 0.3) is 0 Å². The molecule has 0 unspecified atom stereocenters. The summed E-state index contributed by atoms with van der Waals surface area (Å²) in [6.07, 6.45) is 2.85. The second-order valence-electron chi connectivity index (χ2n) is 5.67. The molecule has 1 saturated carbocycles. The fraction of sp³-hybridized carbons (Fsp3) is 0.467. The molecule has 0 atom stereocenters. The van der Waals surface area contributed by atoms with Crippen molar-refractivity contribution >= 4 is 33.6 Å². The van der Waals surface area contributed by atoms with Gasteiger partial charge in [0, 0.05) is 11.0 Å². The Balaban J connectivity index is 1.90. The van der Waals surface area contributed by atoms with E-state index < -0.39 is 5.97 Å². The lowest BCUT2D eigenvalue weighted by molar-refractivity contribution is -0.141. The van der Waals surface area contributed by atoms with Crippen LogP contribution in [0.1, 0.15) is 31.2 Å². The Kier molecular flexibility index (Phi) is 4.88. The van der Waals surface area contributed by atoms with Gasteiger partial charge < -0.3 is 15.7 Å². The first kappa shape index (κ1) is 15.8. The summed E-state index contributed by atoms with van der Waals surface area (Å²) in [7, 11) is 0. The highest BCUT2D eigenvalue weighted by molar-refractivity contribution is 9.10. The number of amides is 2. The fourth-order valence-electron chi connectivity index (χ4n) is 2.59. The van der Waals surface area contributed by atoms with Gasteiger partial charge in [-0.3, -0.25) is 4.79 Å². The molecular formula is C15H19BrN2O3. The summed E-state index contributed by atoms with van der Waals surface area (Å²) in [5.74, 6) is -0.807. The van der Waals surface area contributed by atoms with Crippen LogP contribution in [0, 0.1) is 12.3 Å². The fourth-order valence-corrected chi connectivity index (χ4v) is 2.96. The molecule has 0 bridgehead atoms. The highest BCUT2D eigenvalue weighted by atomic mass is 79.9. The van der Waals surface area contributed by atoms with Gasteiger partial charge in [0.1, 0.15) is 0 Å². The summed E-state index contributed by atoms with van der Waals surface area (Å²) in [5, 5.41) is 14.5. The molecule has 1 aliphatic rings. The lowest BCUT2D eigenvalue weighted by Crippen LogP contribution is -2.44. The molecule has 2 rings (SSSR count). The van der Waals surface area contributed by atoms with E-state index in [4.69, 9.17) is 5.11 Å². The predicted molar refractivity (Wildman–Crippen MR) is 84.4 cm³/mol. The maximum absolute atomic E-state index is 12.0. The third kappa shape index (κ3) is 3.97. The zero-order chi connectivity index (χ0) is 15.5. The van der Waals surface area contributed by atoms with Crippen LogP contribution in [0.15, 0.2) is 22.7 Å². The van der Waals surface area contributed by atoms with Crippen molar-refractivity contribution in [3.63, 3.8) is 0 Å². The highest BCUT2D eigenvalue weighted by Crippen LogP contribution is 2.43. The average molecular weight is 355 g/mol. The van der Waals surface area contributed by atoms with E-state index in [1.54, 1.807) is 0 Å². The largest absolute Gasteiger partial charge is 0.481 e. The van der Waals surface area contributed by atoms with Crippen LogP contribution in [0.4, 0.5) is 10.5 Å². The zero-order valence-electron chi connectivity index (χ0n) is 11.9. The summed E-state index contributed by atoms with van der Waals surface area (Å²) < 4.78 is 0.851. The Morgan fingerprint density at radius 3 is 2.67 bits per heavy atom. The van der Waals surface area contributed by atoms with Gasteiger partial charge in [-0.1, -0.05) is 18.6 Å². The molecule has 21 heavy (non-hydrogen) atoms. The number of hydrogen-bond donors (Lipinski definition) is 3. The van der Waals surface area contributed by atoms with Crippen LogP contribution in [-0.4, -0.2) is 23.7 Å². The van der Waals surface area contributed by atoms with Gasteiger partial charge in [-0.15, -0.1) is 0 Å². The van der Waals surface area contributed by atoms with E-state index in [0.717, 1.165) is 29.3 Å². The number of halogens is 1. The van der Waals surface area contributed by atoms with Crippen molar-refractivity contribution in [2.75, 3.05) is 11.9 Å². The number of hydrogen-bond acceptors (Lipinski definition) is 2. The highest BCUT2D eigenvalue weighted by Gasteiger charge is 2.39. The van der Waals surface area contributed by atoms with Crippen molar-refractivity contribution in [3.8, 4) is 0 Å². The van der Waals surface area contributed by atoms with Gasteiger partial charge in [-0.2, -0.15) is 0 Å². The first-order chi connectivity index (χ1) is 9.92. The number of carbonyl (C=O) groups excluding carboxylic acids is 1. The van der Waals surface area contributed by atoms with Gasteiger partial charge in [-0.25, -0.2) is 4.79 Å². The molecule has 1 aliphatic carbocycles. The number of carboxylic acids is 1. The van der Waals surface area contributed by atoms with Crippen molar-refractivity contribution in [1.29, 1.82) is 0 Å². The maximum atomic E-state index is 12.0. The molecule has 5 nitrogen and oxygen atoms in total. The Morgan fingerprint density at radius 1 is 1.38 bits per heavy atom. The Hall–Kier alpha value is -1.56. The molecule has 2 amide bonds. The van der Waals surface area contributed by atoms with Crippen molar-refractivity contribution in [2.45, 2.75) is 32.6 Å². The third-order valence-electron chi connectivity index (χ3n) is 4.00. The summed E-state index contributed by atoms with van der Waals surface area (Å²) >= 11 is 3.44. The first-order valence-corrected chi connectivity index (χ1v) is 7.73. The second kappa shape index (κ2) is 6.47. The van der Waals surface area contributed by atoms with Crippen LogP contribution in [-0.2, 0) is 4.79 Å². The Morgan fingerprint density at radius 2 is 2.10 bits per heavy atom. The number of carboxylic acid groups (broad SMARTS) is 1. The standard InChI is InChI=1S/C15H19BrN2O3/c1-10-4-2-5-11(13(10)16)18-14(21)17-9-15(6-3-7-15)8-12(19)20/h2,4-5H,3,6-9H2,1H3,(H,19,20)(H2,17,18,21). The normalized spacial score (nSPS) is 15.9. The quantitative estimate of drug-likeness (QED) is 0.756. The average Bonchev–Trinajstić information content (AvgIpc) is 2.37. The van der Waals surface area contributed by atoms with E-state index in [0.29, 0.717) is 12.2 Å². The number of urea groups is 1. The van der Waals surface area contributed by atoms with E-state index in [1.165, 1.54) is 0 Å². The van der Waals surface area contributed by atoms with Gasteiger partial charge >= 0.3 is 12.0 Å². The van der Waals surface area contributed by atoms with Gasteiger partial charge in [0.15, 0.2) is 0 Å². The number of carbonyl (C=O) groups is 2. The topological polar surface area (TPSA) is 78.4 Å². The number of aliphatic carboxylic acids is 1. The number of aryl methyl sites for hydroxylation is 1. The van der Waals surface area contributed by atoms with Crippen molar-refractivity contribution in [1.82, 2.24) is 5.32 Å². The molecule has 1 fully saturated rings. The number of rotatable bonds is 5. The summed E-state index contributed by atoms with van der Waals surface area (Å²) in [5.41, 5.74) is 1.47. The molecule has 0 aromatic heterocycles.